The normalized spacial score (nSPS) is 21.4. The summed E-state index contributed by atoms with van der Waals surface area (Å²) in [6, 6.07) is 11.6. The molecule has 1 aromatic carbocycles. The molecule has 6 rings (SSSR count). The van der Waals surface area contributed by atoms with Gasteiger partial charge in [0.05, 0.1) is 41.2 Å². The molecule has 0 N–H and O–H groups in total. The van der Waals surface area contributed by atoms with E-state index in [1.165, 1.54) is 12.8 Å². The zero-order chi connectivity index (χ0) is 24.8. The minimum absolute atomic E-state index is 0.0828. The summed E-state index contributed by atoms with van der Waals surface area (Å²) in [4.78, 5) is 35.5. The van der Waals surface area contributed by atoms with Crippen LogP contribution in [0, 0.1) is 30.1 Å². The molecule has 2 aliphatic heterocycles. The minimum Gasteiger partial charge on any atom is -0.342 e. The van der Waals surface area contributed by atoms with Gasteiger partial charge in [0.25, 0.3) is 0 Å². The number of carbonyl (C=O) groups excluding carboxylic acids is 2. The number of rotatable bonds is 6. The number of piperidine rings is 2. The topological polar surface area (TPSA) is 82.2 Å². The van der Waals surface area contributed by atoms with Crippen molar-refractivity contribution in [1.82, 2.24) is 19.4 Å². The molecule has 184 valence electrons. The van der Waals surface area contributed by atoms with Crippen molar-refractivity contribution < 1.29 is 9.59 Å². The molecule has 3 aromatic rings. The largest absolute Gasteiger partial charge is 0.342 e. The van der Waals surface area contributed by atoms with E-state index in [1.807, 2.05) is 34.6 Å². The van der Waals surface area contributed by atoms with E-state index in [0.29, 0.717) is 41.4 Å². The number of nitriles is 1. The van der Waals surface area contributed by atoms with Gasteiger partial charge >= 0.3 is 0 Å². The molecule has 2 atom stereocenters. The van der Waals surface area contributed by atoms with Gasteiger partial charge in [-0.05, 0) is 87.0 Å². The van der Waals surface area contributed by atoms with Crippen molar-refractivity contribution >= 4 is 22.7 Å². The van der Waals surface area contributed by atoms with Gasteiger partial charge in [-0.1, -0.05) is 6.42 Å². The number of likely N-dealkylation sites (tertiary alicyclic amines) is 2. The summed E-state index contributed by atoms with van der Waals surface area (Å²) in [6.07, 6.45) is 6.83. The predicted octanol–water partition coefficient (Wildman–Crippen LogP) is 3.90. The quantitative estimate of drug-likeness (QED) is 0.499. The lowest BCUT2D eigenvalue weighted by Gasteiger charge is -2.25. The Bertz CT molecular complexity index is 1370. The van der Waals surface area contributed by atoms with Crippen LogP contribution < -0.4 is 0 Å². The van der Waals surface area contributed by atoms with Crippen molar-refractivity contribution in [2.75, 3.05) is 32.7 Å². The Morgan fingerprint density at radius 1 is 1.08 bits per heavy atom. The maximum absolute atomic E-state index is 13.6. The fourth-order valence-electron chi connectivity index (χ4n) is 6.06. The fraction of sp³-hybridized carbons (Fsp3) is 0.448. The van der Waals surface area contributed by atoms with Crippen LogP contribution in [0.25, 0.3) is 16.7 Å². The molecule has 2 aromatic heterocycles. The lowest BCUT2D eigenvalue weighted by Crippen LogP contribution is -2.34. The van der Waals surface area contributed by atoms with Crippen LogP contribution >= 0.6 is 0 Å². The SMILES string of the molecule is Cc1c(C(=O)CN2CCCCC2)c2ncc(CC(=O)N3CC4CC4C3)cc2n1-c1ccc(C#N)cc1. The monoisotopic (exact) mass is 481 g/mol. The highest BCUT2D eigenvalue weighted by atomic mass is 16.2. The molecule has 0 radical (unpaired) electrons. The van der Waals surface area contributed by atoms with Crippen LogP contribution in [0.3, 0.4) is 0 Å². The summed E-state index contributed by atoms with van der Waals surface area (Å²) >= 11 is 0. The molecule has 2 unspecified atom stereocenters. The van der Waals surface area contributed by atoms with Crippen molar-refractivity contribution in [3.05, 3.63) is 58.9 Å². The smallest absolute Gasteiger partial charge is 0.227 e. The fourth-order valence-corrected chi connectivity index (χ4v) is 6.06. The van der Waals surface area contributed by atoms with E-state index in [1.54, 1.807) is 18.3 Å². The molecule has 1 saturated carbocycles. The highest BCUT2D eigenvalue weighted by Gasteiger charge is 2.46. The second-order valence-corrected chi connectivity index (χ2v) is 10.7. The second kappa shape index (κ2) is 9.18. The first-order valence-electron chi connectivity index (χ1n) is 13.1. The van der Waals surface area contributed by atoms with E-state index in [4.69, 9.17) is 4.98 Å². The van der Waals surface area contributed by atoms with E-state index >= 15 is 0 Å². The second-order valence-electron chi connectivity index (χ2n) is 10.7. The summed E-state index contributed by atoms with van der Waals surface area (Å²) in [6.45, 7) is 6.04. The average Bonchev–Trinajstić information content (AvgIpc) is 3.38. The van der Waals surface area contributed by atoms with E-state index in [2.05, 4.69) is 11.0 Å². The third kappa shape index (κ3) is 4.20. The molecule has 1 amide bonds. The van der Waals surface area contributed by atoms with Crippen LogP contribution in [0.5, 0.6) is 0 Å². The van der Waals surface area contributed by atoms with Gasteiger partial charge in [0.1, 0.15) is 0 Å². The maximum atomic E-state index is 13.6. The Morgan fingerprint density at radius 2 is 1.81 bits per heavy atom. The number of nitrogens with zero attached hydrogens (tertiary/aromatic N) is 5. The van der Waals surface area contributed by atoms with Gasteiger partial charge < -0.3 is 9.47 Å². The van der Waals surface area contributed by atoms with Crippen molar-refractivity contribution in [2.45, 2.75) is 39.0 Å². The third-order valence-electron chi connectivity index (χ3n) is 8.14. The number of amides is 1. The highest BCUT2D eigenvalue weighted by Crippen LogP contribution is 2.45. The first-order chi connectivity index (χ1) is 17.5. The molecular formula is C29H31N5O2. The van der Waals surface area contributed by atoms with E-state index < -0.39 is 0 Å². The Kier molecular flexibility index (Phi) is 5.85. The van der Waals surface area contributed by atoms with Crippen molar-refractivity contribution in [2.24, 2.45) is 11.8 Å². The summed E-state index contributed by atoms with van der Waals surface area (Å²) in [5.41, 5.74) is 5.31. The molecule has 3 fully saturated rings. The van der Waals surface area contributed by atoms with Crippen molar-refractivity contribution in [3.63, 3.8) is 0 Å². The lowest BCUT2D eigenvalue weighted by atomic mass is 10.1. The summed E-state index contributed by atoms with van der Waals surface area (Å²) in [7, 11) is 0. The zero-order valence-corrected chi connectivity index (χ0v) is 20.7. The summed E-state index contributed by atoms with van der Waals surface area (Å²) in [5.74, 6) is 1.65. The summed E-state index contributed by atoms with van der Waals surface area (Å²) in [5, 5.41) is 9.24. The number of pyridine rings is 1. The third-order valence-corrected chi connectivity index (χ3v) is 8.14. The Hall–Kier alpha value is -3.50. The number of aromatic nitrogens is 2. The number of hydrogen-bond donors (Lipinski definition) is 0. The molecule has 36 heavy (non-hydrogen) atoms. The van der Waals surface area contributed by atoms with E-state index in [0.717, 1.165) is 61.5 Å². The molecule has 1 aliphatic carbocycles. The van der Waals surface area contributed by atoms with Gasteiger partial charge in [-0.3, -0.25) is 19.5 Å². The molecular weight excluding hydrogens is 450 g/mol. The first-order valence-corrected chi connectivity index (χ1v) is 13.1. The average molecular weight is 482 g/mol. The molecule has 4 heterocycles. The first kappa shape index (κ1) is 22.9. The molecule has 0 spiro atoms. The van der Waals surface area contributed by atoms with Crippen LogP contribution in [0.2, 0.25) is 0 Å². The highest BCUT2D eigenvalue weighted by molar-refractivity contribution is 6.09. The lowest BCUT2D eigenvalue weighted by molar-refractivity contribution is -0.129. The summed E-state index contributed by atoms with van der Waals surface area (Å²) < 4.78 is 2.05. The zero-order valence-electron chi connectivity index (χ0n) is 20.7. The Balaban J connectivity index is 1.37. The minimum atomic E-state index is 0.0828. The van der Waals surface area contributed by atoms with Gasteiger partial charge in [0, 0.05) is 30.7 Å². The maximum Gasteiger partial charge on any atom is 0.227 e. The van der Waals surface area contributed by atoms with Gasteiger partial charge in [-0.15, -0.1) is 0 Å². The predicted molar refractivity (Wildman–Crippen MR) is 137 cm³/mol. The molecule has 3 aliphatic rings. The number of Topliss-reactive ketones (excluding diaryl/α,β-unsaturated/α-hetero) is 1. The Labute approximate surface area is 211 Å². The van der Waals surface area contributed by atoms with Crippen molar-refractivity contribution in [3.8, 4) is 11.8 Å². The molecule has 7 nitrogen and oxygen atoms in total. The number of benzene rings is 1. The van der Waals surface area contributed by atoms with E-state index in [-0.39, 0.29) is 11.7 Å². The van der Waals surface area contributed by atoms with Crippen molar-refractivity contribution in [1.29, 1.82) is 5.26 Å². The number of ketones is 1. The standard InChI is InChI=1S/C29H31N5O2/c1-19-28(26(35)18-32-9-3-2-4-10-32)29-25(34(19)24-7-5-20(14-30)6-8-24)11-21(15-31-29)12-27(36)33-16-22-13-23(22)17-33/h5-8,11,15,22-23H,2-4,9-10,12-13,16-18H2,1H3. The molecule has 7 heteroatoms. The van der Waals surface area contributed by atoms with Gasteiger partial charge in [-0.25, -0.2) is 0 Å². The molecule has 2 saturated heterocycles. The number of hydrogen-bond acceptors (Lipinski definition) is 5. The van der Waals surface area contributed by atoms with Gasteiger partial charge in [0.15, 0.2) is 5.78 Å². The van der Waals surface area contributed by atoms with Gasteiger partial charge in [-0.2, -0.15) is 5.26 Å². The van der Waals surface area contributed by atoms with Crippen LogP contribution in [-0.2, 0) is 11.2 Å². The van der Waals surface area contributed by atoms with Crippen LogP contribution in [0.1, 0.15) is 52.9 Å². The number of carbonyl (C=O) groups is 2. The van der Waals surface area contributed by atoms with Crippen LogP contribution in [-0.4, -0.2) is 63.8 Å². The van der Waals surface area contributed by atoms with Crippen LogP contribution in [0.15, 0.2) is 36.5 Å². The van der Waals surface area contributed by atoms with Crippen LogP contribution in [0.4, 0.5) is 0 Å². The Morgan fingerprint density at radius 3 is 2.50 bits per heavy atom. The number of fused-ring (bicyclic) bond motifs is 2. The van der Waals surface area contributed by atoms with Gasteiger partial charge in [0.2, 0.25) is 5.91 Å². The molecule has 0 bridgehead atoms. The van der Waals surface area contributed by atoms with E-state index in [9.17, 15) is 14.9 Å².